The van der Waals surface area contributed by atoms with E-state index in [0.717, 1.165) is 0 Å². The highest BCUT2D eigenvalue weighted by Gasteiger charge is 2.47. The Kier molecular flexibility index (Phi) is 11.1. The fraction of sp³-hybridized carbons (Fsp3) is 0.483. The second-order valence-electron chi connectivity index (χ2n) is 11.8. The standard InChI is InChI=1S/C29H34ClF3N10O6S/c30-22-24(35)39-23(34)21(38-22)25(46)40-27-36-15-28(41-27)7-11-42(12-8-28)26(47)16-3-1-4-17(13-16)50(48)37-9-6-20(45)49-14-19(44)43-10-2-5-18(43)29(31,32)33/h1,3-4,13,18,37H,2,5-12,14-15H2,(H4,34,35,39)(H2,36,40,41,46). The molecular formula is C29H34ClF3N10O6S. The van der Waals surface area contributed by atoms with Gasteiger partial charge >= 0.3 is 12.1 Å². The molecule has 3 aliphatic rings. The van der Waals surface area contributed by atoms with Gasteiger partial charge in [-0.1, -0.05) is 17.7 Å². The first-order chi connectivity index (χ1) is 23.7. The van der Waals surface area contributed by atoms with Crippen molar-refractivity contribution in [3.05, 3.63) is 40.7 Å². The number of nitrogen functional groups attached to an aromatic ring is 2. The molecule has 0 radical (unpaired) electrons. The number of hydrogen-bond donors (Lipinski definition) is 5. The van der Waals surface area contributed by atoms with Gasteiger partial charge in [0.25, 0.3) is 17.7 Å². The Morgan fingerprint density at radius 3 is 2.58 bits per heavy atom. The first-order valence-corrected chi connectivity index (χ1v) is 17.0. The number of aromatic nitrogens is 2. The summed E-state index contributed by atoms with van der Waals surface area (Å²) in [6.45, 7) is 0.106. The van der Waals surface area contributed by atoms with Crippen LogP contribution in [0.3, 0.4) is 0 Å². The minimum absolute atomic E-state index is 0.0639. The van der Waals surface area contributed by atoms with Crippen molar-refractivity contribution in [1.82, 2.24) is 35.1 Å². The summed E-state index contributed by atoms with van der Waals surface area (Å²) in [5.41, 5.74) is 10.9. The number of nitrogens with one attached hydrogen (secondary N) is 3. The van der Waals surface area contributed by atoms with Crippen LogP contribution in [0.2, 0.25) is 5.15 Å². The number of nitrogens with zero attached hydrogens (tertiary/aromatic N) is 5. The molecular weight excluding hydrogens is 709 g/mol. The molecule has 0 bridgehead atoms. The Bertz CT molecular complexity index is 1720. The molecule has 3 aliphatic heterocycles. The number of aliphatic imine (C=N–C) groups is 1. The lowest BCUT2D eigenvalue weighted by molar-refractivity contribution is -0.184. The number of carbonyl (C=O) groups excluding carboxylic acids is 4. The molecule has 2 unspecified atom stereocenters. The Morgan fingerprint density at radius 2 is 1.86 bits per heavy atom. The zero-order chi connectivity index (χ0) is 36.2. The fourth-order valence-corrected chi connectivity index (χ4v) is 6.80. The van der Waals surface area contributed by atoms with E-state index in [2.05, 4.69) is 30.3 Å². The zero-order valence-corrected chi connectivity index (χ0v) is 28.0. The number of amides is 3. The van der Waals surface area contributed by atoms with Gasteiger partial charge in [-0.3, -0.25) is 29.5 Å². The Hall–Kier alpha value is -4.56. The molecule has 1 aromatic carbocycles. The number of guanidine groups is 1. The summed E-state index contributed by atoms with van der Waals surface area (Å²) in [7, 11) is -1.81. The predicted molar refractivity (Wildman–Crippen MR) is 174 cm³/mol. The third-order valence-corrected chi connectivity index (χ3v) is 9.87. The zero-order valence-electron chi connectivity index (χ0n) is 26.4. The molecule has 2 saturated heterocycles. The highest BCUT2D eigenvalue weighted by molar-refractivity contribution is 7.83. The molecule has 3 amide bonds. The summed E-state index contributed by atoms with van der Waals surface area (Å²) in [5.74, 6) is -2.80. The van der Waals surface area contributed by atoms with E-state index in [1.165, 1.54) is 6.07 Å². The van der Waals surface area contributed by atoms with Crippen LogP contribution in [0.4, 0.5) is 24.8 Å². The van der Waals surface area contributed by atoms with Gasteiger partial charge in [-0.2, -0.15) is 13.2 Å². The number of alkyl halides is 3. The highest BCUT2D eigenvalue weighted by Crippen LogP contribution is 2.32. The smallest absolute Gasteiger partial charge is 0.408 e. The molecule has 5 rings (SSSR count). The summed E-state index contributed by atoms with van der Waals surface area (Å²) < 4.78 is 59.6. The van der Waals surface area contributed by atoms with E-state index in [1.807, 2.05) is 0 Å². The van der Waals surface area contributed by atoms with Gasteiger partial charge in [0.2, 0.25) is 0 Å². The monoisotopic (exact) mass is 742 g/mol. The molecule has 0 saturated carbocycles. The lowest BCUT2D eigenvalue weighted by Gasteiger charge is -2.39. The Balaban J connectivity index is 1.05. The molecule has 0 aliphatic carbocycles. The van der Waals surface area contributed by atoms with Crippen molar-refractivity contribution in [1.29, 1.82) is 0 Å². The minimum Gasteiger partial charge on any atom is -0.456 e. The maximum atomic E-state index is 13.3. The summed E-state index contributed by atoms with van der Waals surface area (Å²) in [5, 5.41) is 5.67. The number of hydrogen-bond acceptors (Lipinski definition) is 12. The number of anilines is 2. The second kappa shape index (κ2) is 15.1. The molecule has 2 fully saturated rings. The molecule has 270 valence electrons. The van der Waals surface area contributed by atoms with Gasteiger partial charge in [0, 0.05) is 31.7 Å². The number of carbonyl (C=O) groups is 4. The van der Waals surface area contributed by atoms with Gasteiger partial charge in [0.15, 0.2) is 35.0 Å². The lowest BCUT2D eigenvalue weighted by atomic mass is 9.88. The summed E-state index contributed by atoms with van der Waals surface area (Å²) in [6, 6.07) is 4.30. The van der Waals surface area contributed by atoms with Crippen LogP contribution in [0.5, 0.6) is 0 Å². The van der Waals surface area contributed by atoms with Gasteiger partial charge in [-0.25, -0.2) is 18.9 Å². The number of esters is 1. The quantitative estimate of drug-likeness (QED) is 0.225. The molecule has 1 spiro atoms. The Morgan fingerprint density at radius 1 is 1.12 bits per heavy atom. The SMILES string of the molecule is Nc1nc(N)c(C(=O)NC2=NCC3(CCN(C(=O)c4cccc(S(=O)NCCC(=O)OCC(=O)N5CCCC5C(F)(F)F)c4)CC3)N2)nc1Cl. The van der Waals surface area contributed by atoms with E-state index in [9.17, 15) is 36.6 Å². The third-order valence-electron chi connectivity index (χ3n) is 8.45. The molecule has 7 N–H and O–H groups in total. The van der Waals surface area contributed by atoms with Crippen LogP contribution in [0.25, 0.3) is 0 Å². The molecule has 16 nitrogen and oxygen atoms in total. The van der Waals surface area contributed by atoms with Crippen molar-refractivity contribution in [2.75, 3.05) is 50.8 Å². The summed E-state index contributed by atoms with van der Waals surface area (Å²) >= 11 is 5.87. The number of rotatable bonds is 9. The molecule has 21 heteroatoms. The summed E-state index contributed by atoms with van der Waals surface area (Å²) in [6.07, 6.45) is -3.80. The van der Waals surface area contributed by atoms with Gasteiger partial charge < -0.3 is 31.3 Å². The topological polar surface area (TPSA) is 227 Å². The average molecular weight is 743 g/mol. The van der Waals surface area contributed by atoms with Gasteiger partial charge in [-0.05, 0) is 43.9 Å². The van der Waals surface area contributed by atoms with Crippen LogP contribution >= 0.6 is 11.6 Å². The Labute approximate surface area is 291 Å². The van der Waals surface area contributed by atoms with Gasteiger partial charge in [0.1, 0.15) is 17.0 Å². The molecule has 1 aromatic heterocycles. The number of halogens is 4. The van der Waals surface area contributed by atoms with Crippen molar-refractivity contribution in [3.8, 4) is 0 Å². The number of ether oxygens (including phenoxy) is 1. The predicted octanol–water partition coefficient (Wildman–Crippen LogP) is 0.757. The summed E-state index contributed by atoms with van der Waals surface area (Å²) in [4.78, 5) is 64.9. The van der Waals surface area contributed by atoms with Crippen molar-refractivity contribution >= 4 is 63.9 Å². The van der Waals surface area contributed by atoms with Crippen LogP contribution < -0.4 is 26.8 Å². The maximum absolute atomic E-state index is 13.3. The van der Waals surface area contributed by atoms with E-state index >= 15 is 0 Å². The van der Waals surface area contributed by atoms with E-state index in [1.54, 1.807) is 23.1 Å². The van der Waals surface area contributed by atoms with E-state index in [-0.39, 0.29) is 71.6 Å². The maximum Gasteiger partial charge on any atom is 0.408 e. The number of benzene rings is 1. The third kappa shape index (κ3) is 8.59. The van der Waals surface area contributed by atoms with Crippen LogP contribution in [0.15, 0.2) is 34.2 Å². The average Bonchev–Trinajstić information content (AvgIpc) is 3.73. The largest absolute Gasteiger partial charge is 0.456 e. The minimum atomic E-state index is -4.55. The van der Waals surface area contributed by atoms with Crippen molar-refractivity contribution in [2.45, 2.75) is 54.8 Å². The lowest BCUT2D eigenvalue weighted by Crippen LogP contribution is -2.57. The van der Waals surface area contributed by atoms with Crippen molar-refractivity contribution < 1.29 is 41.3 Å². The fourth-order valence-electron chi connectivity index (χ4n) is 5.79. The number of likely N-dealkylation sites (tertiary alicyclic amines) is 2. The van der Waals surface area contributed by atoms with Gasteiger partial charge in [0.05, 0.1) is 23.4 Å². The molecule has 4 heterocycles. The van der Waals surface area contributed by atoms with Gasteiger partial charge in [-0.15, -0.1) is 0 Å². The van der Waals surface area contributed by atoms with E-state index < -0.39 is 53.1 Å². The van der Waals surface area contributed by atoms with Crippen LogP contribution in [-0.4, -0.2) is 111 Å². The van der Waals surface area contributed by atoms with Crippen LogP contribution in [0.1, 0.15) is 53.0 Å². The van der Waals surface area contributed by atoms with E-state index in [0.29, 0.717) is 42.9 Å². The van der Waals surface area contributed by atoms with E-state index in [4.69, 9.17) is 27.8 Å². The first kappa shape index (κ1) is 36.7. The molecule has 2 atom stereocenters. The molecule has 50 heavy (non-hydrogen) atoms. The number of nitrogens with two attached hydrogens (primary N) is 2. The highest BCUT2D eigenvalue weighted by atomic mass is 35.5. The van der Waals surface area contributed by atoms with Crippen LogP contribution in [0, 0.1) is 0 Å². The molecule has 2 aromatic rings. The second-order valence-corrected chi connectivity index (χ2v) is 13.5. The van der Waals surface area contributed by atoms with Crippen molar-refractivity contribution in [2.24, 2.45) is 4.99 Å². The van der Waals surface area contributed by atoms with Crippen molar-refractivity contribution in [3.63, 3.8) is 0 Å². The normalized spacial score (nSPS) is 19.1. The number of piperidine rings is 1. The first-order valence-electron chi connectivity index (χ1n) is 15.4. The van der Waals surface area contributed by atoms with Crippen LogP contribution in [-0.2, 0) is 25.3 Å².